The Hall–Kier alpha value is -1.90. The standard InChI is InChI=1S/C21H27BN2O4S/c1-14-7-9-16(10-8-14)29(25,26)24-13-18(17-11-15(2)12-23-19(17)24)22-27-20(3,4)21(5,6)28-22/h7-12,18H,13H2,1-6H3. The van der Waals surface area contributed by atoms with Crippen molar-refractivity contribution in [2.24, 2.45) is 0 Å². The third-order valence-corrected chi connectivity index (χ3v) is 8.01. The van der Waals surface area contributed by atoms with Crippen LogP contribution in [0.4, 0.5) is 5.82 Å². The topological polar surface area (TPSA) is 68.7 Å². The number of anilines is 1. The number of rotatable bonds is 3. The highest BCUT2D eigenvalue weighted by Crippen LogP contribution is 2.46. The first-order chi connectivity index (χ1) is 13.4. The van der Waals surface area contributed by atoms with E-state index in [2.05, 4.69) is 4.98 Å². The van der Waals surface area contributed by atoms with Crippen LogP contribution < -0.4 is 4.31 Å². The zero-order chi connectivity index (χ0) is 21.2. The molecule has 1 unspecified atom stereocenters. The highest BCUT2D eigenvalue weighted by atomic mass is 32.2. The lowest BCUT2D eigenvalue weighted by atomic mass is 9.69. The molecule has 0 amide bonds. The quantitative estimate of drug-likeness (QED) is 0.718. The fourth-order valence-electron chi connectivity index (χ4n) is 3.76. The van der Waals surface area contributed by atoms with E-state index >= 15 is 0 Å². The van der Waals surface area contributed by atoms with Crippen molar-refractivity contribution >= 4 is 23.0 Å². The molecule has 29 heavy (non-hydrogen) atoms. The second-order valence-corrected chi connectivity index (χ2v) is 10.9. The summed E-state index contributed by atoms with van der Waals surface area (Å²) >= 11 is 0. The second-order valence-electron chi connectivity index (χ2n) is 9.01. The number of aromatic nitrogens is 1. The Kier molecular flexibility index (Phi) is 4.61. The largest absolute Gasteiger partial charge is 0.467 e. The van der Waals surface area contributed by atoms with Crippen molar-refractivity contribution in [2.45, 2.75) is 63.5 Å². The van der Waals surface area contributed by atoms with E-state index in [1.54, 1.807) is 30.5 Å². The summed E-state index contributed by atoms with van der Waals surface area (Å²) in [7, 11) is -4.28. The molecule has 4 rings (SSSR count). The molecule has 1 atom stereocenters. The van der Waals surface area contributed by atoms with Crippen LogP contribution in [0.25, 0.3) is 0 Å². The van der Waals surface area contributed by atoms with E-state index in [0.29, 0.717) is 5.82 Å². The van der Waals surface area contributed by atoms with Crippen LogP contribution in [-0.2, 0) is 19.3 Å². The van der Waals surface area contributed by atoms with Gasteiger partial charge in [-0.1, -0.05) is 23.8 Å². The van der Waals surface area contributed by atoms with E-state index in [1.807, 2.05) is 47.6 Å². The lowest BCUT2D eigenvalue weighted by molar-refractivity contribution is 0.00578. The normalized spacial score (nSPS) is 22.8. The van der Waals surface area contributed by atoms with Crippen molar-refractivity contribution in [1.82, 2.24) is 4.98 Å². The maximum atomic E-state index is 13.4. The number of hydrogen-bond acceptors (Lipinski definition) is 5. The van der Waals surface area contributed by atoms with E-state index < -0.39 is 28.3 Å². The van der Waals surface area contributed by atoms with Crippen molar-refractivity contribution in [3.8, 4) is 0 Å². The number of hydrogen-bond donors (Lipinski definition) is 0. The van der Waals surface area contributed by atoms with Crippen molar-refractivity contribution in [3.05, 3.63) is 53.2 Å². The Morgan fingerprint density at radius 3 is 2.21 bits per heavy atom. The van der Waals surface area contributed by atoms with E-state index in [0.717, 1.165) is 16.7 Å². The minimum absolute atomic E-state index is 0.235. The van der Waals surface area contributed by atoms with E-state index in [-0.39, 0.29) is 17.3 Å². The van der Waals surface area contributed by atoms with Crippen LogP contribution in [0.2, 0.25) is 0 Å². The molecule has 1 aromatic heterocycles. The smallest absolute Gasteiger partial charge is 0.403 e. The Bertz CT molecular complexity index is 1030. The first-order valence-corrected chi connectivity index (χ1v) is 11.3. The average Bonchev–Trinajstić information content (AvgIpc) is 3.09. The van der Waals surface area contributed by atoms with Crippen molar-refractivity contribution in [2.75, 3.05) is 10.8 Å². The number of nitrogens with zero attached hydrogens (tertiary/aromatic N) is 2. The molecule has 1 aromatic carbocycles. The van der Waals surface area contributed by atoms with Gasteiger partial charge in [0.2, 0.25) is 0 Å². The van der Waals surface area contributed by atoms with Crippen LogP contribution in [0.1, 0.15) is 50.2 Å². The summed E-state index contributed by atoms with van der Waals surface area (Å²) in [5, 5.41) is 0. The molecular weight excluding hydrogens is 387 g/mol. The van der Waals surface area contributed by atoms with E-state index in [9.17, 15) is 8.42 Å². The number of benzene rings is 1. The Morgan fingerprint density at radius 2 is 1.62 bits per heavy atom. The third-order valence-electron chi connectivity index (χ3n) is 6.24. The number of fused-ring (bicyclic) bond motifs is 1. The molecule has 6 nitrogen and oxygen atoms in total. The fourth-order valence-corrected chi connectivity index (χ4v) is 5.24. The molecule has 154 valence electrons. The number of pyridine rings is 1. The van der Waals surface area contributed by atoms with Gasteiger partial charge in [-0.25, -0.2) is 17.7 Å². The molecule has 0 aliphatic carbocycles. The molecule has 2 aliphatic rings. The summed E-state index contributed by atoms with van der Waals surface area (Å²) in [6.45, 7) is 12.1. The van der Waals surface area contributed by atoms with Gasteiger partial charge in [0.1, 0.15) is 5.82 Å². The molecular formula is C21H27BN2O4S. The van der Waals surface area contributed by atoms with Gasteiger partial charge in [-0.3, -0.25) is 0 Å². The highest BCUT2D eigenvalue weighted by molar-refractivity contribution is 7.92. The van der Waals surface area contributed by atoms with Gasteiger partial charge >= 0.3 is 7.12 Å². The summed E-state index contributed by atoms with van der Waals surface area (Å²) in [6, 6.07) is 8.88. The Labute approximate surface area is 173 Å². The summed E-state index contributed by atoms with van der Waals surface area (Å²) in [5.41, 5.74) is 1.85. The fraction of sp³-hybridized carbons (Fsp3) is 0.476. The first kappa shape index (κ1) is 20.4. The highest BCUT2D eigenvalue weighted by Gasteiger charge is 2.56. The monoisotopic (exact) mass is 414 g/mol. The molecule has 0 N–H and O–H groups in total. The third kappa shape index (κ3) is 3.27. The van der Waals surface area contributed by atoms with Crippen LogP contribution in [0.15, 0.2) is 41.4 Å². The van der Waals surface area contributed by atoms with Crippen molar-refractivity contribution < 1.29 is 17.7 Å². The van der Waals surface area contributed by atoms with E-state index in [1.165, 1.54) is 4.31 Å². The van der Waals surface area contributed by atoms with Gasteiger partial charge in [0.15, 0.2) is 0 Å². The molecule has 0 saturated carbocycles. The van der Waals surface area contributed by atoms with Crippen LogP contribution >= 0.6 is 0 Å². The summed E-state index contributed by atoms with van der Waals surface area (Å²) < 4.78 is 40.7. The number of sulfonamides is 1. The van der Waals surface area contributed by atoms with Crippen LogP contribution in [0.5, 0.6) is 0 Å². The number of aryl methyl sites for hydroxylation is 2. The van der Waals surface area contributed by atoms with Crippen LogP contribution in [-0.4, -0.2) is 38.3 Å². The molecule has 0 radical (unpaired) electrons. The van der Waals surface area contributed by atoms with Gasteiger partial charge in [-0.15, -0.1) is 0 Å². The molecule has 2 aliphatic heterocycles. The van der Waals surface area contributed by atoms with Gasteiger partial charge in [-0.2, -0.15) is 0 Å². The van der Waals surface area contributed by atoms with E-state index in [4.69, 9.17) is 9.31 Å². The lowest BCUT2D eigenvalue weighted by Gasteiger charge is -2.32. The van der Waals surface area contributed by atoms with Gasteiger partial charge < -0.3 is 9.31 Å². The predicted molar refractivity (Wildman–Crippen MR) is 114 cm³/mol. The average molecular weight is 414 g/mol. The van der Waals surface area contributed by atoms with Gasteiger partial charge in [-0.05, 0) is 64.8 Å². The van der Waals surface area contributed by atoms with Crippen LogP contribution in [0, 0.1) is 13.8 Å². The van der Waals surface area contributed by atoms with Crippen molar-refractivity contribution in [3.63, 3.8) is 0 Å². The summed E-state index contributed by atoms with van der Waals surface area (Å²) in [4.78, 5) is 4.74. The molecule has 1 fully saturated rings. The minimum atomic E-state index is -3.74. The molecule has 1 saturated heterocycles. The molecule has 2 aromatic rings. The van der Waals surface area contributed by atoms with Gasteiger partial charge in [0, 0.05) is 18.6 Å². The zero-order valence-corrected chi connectivity index (χ0v) is 18.6. The Morgan fingerprint density at radius 1 is 1.03 bits per heavy atom. The predicted octanol–water partition coefficient (Wildman–Crippen LogP) is 3.62. The Balaban J connectivity index is 1.75. The van der Waals surface area contributed by atoms with Gasteiger partial charge in [0.25, 0.3) is 10.0 Å². The maximum absolute atomic E-state index is 13.4. The van der Waals surface area contributed by atoms with Crippen LogP contribution in [0.3, 0.4) is 0 Å². The second kappa shape index (κ2) is 6.55. The molecule has 0 spiro atoms. The molecule has 0 bridgehead atoms. The zero-order valence-electron chi connectivity index (χ0n) is 17.8. The van der Waals surface area contributed by atoms with Gasteiger partial charge in [0.05, 0.1) is 16.1 Å². The lowest BCUT2D eigenvalue weighted by Crippen LogP contribution is -2.41. The van der Waals surface area contributed by atoms with Crippen molar-refractivity contribution in [1.29, 1.82) is 0 Å². The maximum Gasteiger partial charge on any atom is 0.467 e. The summed E-state index contributed by atoms with van der Waals surface area (Å²) in [5.74, 6) is 0.203. The minimum Gasteiger partial charge on any atom is -0.403 e. The summed E-state index contributed by atoms with van der Waals surface area (Å²) in [6.07, 6.45) is 1.70. The molecule has 3 heterocycles. The first-order valence-electron chi connectivity index (χ1n) is 9.84. The molecule has 8 heteroatoms. The SMILES string of the molecule is Cc1ccc(S(=O)(=O)N2CC(B3OC(C)(C)C(C)(C)O3)c3cc(C)cnc32)cc1.